The molecule has 1 nitrogen and oxygen atoms in total. The Balaban J connectivity index is 3.44. The van der Waals surface area contributed by atoms with Crippen molar-refractivity contribution >= 4 is 0 Å². The standard InChI is InChI=1S/C14H22O/c1-9(2)11-8-7-10(3)12(13(11)15)14(4,5)6/h7-9,15H,1-6H3. The van der Waals surface area contributed by atoms with Gasteiger partial charge in [-0.25, -0.2) is 0 Å². The SMILES string of the molecule is Cc1ccc(C(C)C)c(O)c1C(C)(C)C. The minimum Gasteiger partial charge on any atom is -0.507 e. The summed E-state index contributed by atoms with van der Waals surface area (Å²) in [6.45, 7) is 12.7. The molecule has 15 heavy (non-hydrogen) atoms. The largest absolute Gasteiger partial charge is 0.507 e. The molecule has 0 aromatic heterocycles. The minimum atomic E-state index is -0.000926. The van der Waals surface area contributed by atoms with Crippen LogP contribution in [0.1, 0.15) is 57.2 Å². The average molecular weight is 206 g/mol. The molecule has 0 fully saturated rings. The highest BCUT2D eigenvalue weighted by Gasteiger charge is 2.22. The Morgan fingerprint density at radius 3 is 2.07 bits per heavy atom. The molecule has 1 rings (SSSR count). The van der Waals surface area contributed by atoms with Crippen molar-refractivity contribution < 1.29 is 5.11 Å². The van der Waals surface area contributed by atoms with Gasteiger partial charge in [0.05, 0.1) is 0 Å². The van der Waals surface area contributed by atoms with E-state index < -0.39 is 0 Å². The summed E-state index contributed by atoms with van der Waals surface area (Å²) in [5, 5.41) is 10.3. The van der Waals surface area contributed by atoms with E-state index in [0.717, 1.165) is 11.1 Å². The van der Waals surface area contributed by atoms with Gasteiger partial charge in [0.1, 0.15) is 5.75 Å². The third-order valence-corrected chi connectivity index (χ3v) is 2.79. The van der Waals surface area contributed by atoms with E-state index in [0.29, 0.717) is 11.7 Å². The zero-order chi connectivity index (χ0) is 11.8. The van der Waals surface area contributed by atoms with Gasteiger partial charge in [-0.05, 0) is 29.4 Å². The molecule has 1 aromatic rings. The second-order valence-electron chi connectivity index (χ2n) is 5.60. The van der Waals surface area contributed by atoms with Crippen LogP contribution in [0.2, 0.25) is 0 Å². The predicted molar refractivity (Wildman–Crippen MR) is 65.6 cm³/mol. The van der Waals surface area contributed by atoms with Crippen molar-refractivity contribution in [2.75, 3.05) is 0 Å². The molecule has 1 aromatic carbocycles. The van der Waals surface area contributed by atoms with Gasteiger partial charge in [0.25, 0.3) is 0 Å². The molecule has 0 saturated heterocycles. The molecule has 0 aliphatic heterocycles. The lowest BCUT2D eigenvalue weighted by Crippen LogP contribution is -2.14. The van der Waals surface area contributed by atoms with E-state index in [2.05, 4.69) is 47.6 Å². The molecule has 0 bridgehead atoms. The Morgan fingerprint density at radius 2 is 1.67 bits per heavy atom. The Hall–Kier alpha value is -0.980. The van der Waals surface area contributed by atoms with E-state index in [1.165, 1.54) is 5.56 Å². The lowest BCUT2D eigenvalue weighted by Gasteiger charge is -2.25. The summed E-state index contributed by atoms with van der Waals surface area (Å²) in [5.41, 5.74) is 3.29. The zero-order valence-electron chi connectivity index (χ0n) is 10.7. The molecule has 1 heteroatoms. The topological polar surface area (TPSA) is 20.2 Å². The summed E-state index contributed by atoms with van der Waals surface area (Å²) in [5.74, 6) is 0.851. The smallest absolute Gasteiger partial charge is 0.123 e. The van der Waals surface area contributed by atoms with Crippen molar-refractivity contribution in [3.8, 4) is 5.75 Å². The van der Waals surface area contributed by atoms with E-state index in [4.69, 9.17) is 0 Å². The molecular weight excluding hydrogens is 184 g/mol. The summed E-state index contributed by atoms with van der Waals surface area (Å²) >= 11 is 0. The van der Waals surface area contributed by atoms with Gasteiger partial charge in [0.2, 0.25) is 0 Å². The number of hydrogen-bond acceptors (Lipinski definition) is 1. The second-order valence-corrected chi connectivity index (χ2v) is 5.60. The van der Waals surface area contributed by atoms with Crippen LogP contribution in [-0.2, 0) is 5.41 Å². The van der Waals surface area contributed by atoms with Gasteiger partial charge < -0.3 is 5.11 Å². The fourth-order valence-corrected chi connectivity index (χ4v) is 2.12. The number of rotatable bonds is 1. The Labute approximate surface area is 93.1 Å². The lowest BCUT2D eigenvalue weighted by molar-refractivity contribution is 0.436. The molecule has 84 valence electrons. The van der Waals surface area contributed by atoms with Gasteiger partial charge in [0.15, 0.2) is 0 Å². The summed E-state index contributed by atoms with van der Waals surface area (Å²) in [6.07, 6.45) is 0. The second kappa shape index (κ2) is 3.88. The first kappa shape index (κ1) is 12.1. The molecule has 0 aliphatic carbocycles. The van der Waals surface area contributed by atoms with Gasteiger partial charge >= 0.3 is 0 Å². The van der Waals surface area contributed by atoms with Crippen molar-refractivity contribution in [2.45, 2.75) is 52.9 Å². The zero-order valence-corrected chi connectivity index (χ0v) is 10.7. The van der Waals surface area contributed by atoms with E-state index >= 15 is 0 Å². The third-order valence-electron chi connectivity index (χ3n) is 2.79. The lowest BCUT2D eigenvalue weighted by atomic mass is 9.81. The Bertz CT molecular complexity index is 356. The summed E-state index contributed by atoms with van der Waals surface area (Å²) in [7, 11) is 0. The molecule has 0 aliphatic rings. The summed E-state index contributed by atoms with van der Waals surface area (Å²) in [6, 6.07) is 4.14. The maximum Gasteiger partial charge on any atom is 0.123 e. The highest BCUT2D eigenvalue weighted by Crippen LogP contribution is 2.38. The monoisotopic (exact) mass is 206 g/mol. The first-order valence-electron chi connectivity index (χ1n) is 5.58. The van der Waals surface area contributed by atoms with Gasteiger partial charge in [-0.15, -0.1) is 0 Å². The molecule has 0 radical (unpaired) electrons. The van der Waals surface area contributed by atoms with E-state index in [1.807, 2.05) is 6.07 Å². The predicted octanol–water partition coefficient (Wildman–Crippen LogP) is 4.12. The highest BCUT2D eigenvalue weighted by atomic mass is 16.3. The Morgan fingerprint density at radius 1 is 1.13 bits per heavy atom. The molecular formula is C14H22O. The fraction of sp³-hybridized carbons (Fsp3) is 0.571. The maximum absolute atomic E-state index is 10.3. The maximum atomic E-state index is 10.3. The fourth-order valence-electron chi connectivity index (χ4n) is 2.12. The van der Waals surface area contributed by atoms with Gasteiger partial charge in [0, 0.05) is 5.56 Å². The van der Waals surface area contributed by atoms with E-state index in [1.54, 1.807) is 0 Å². The van der Waals surface area contributed by atoms with Crippen LogP contribution in [0, 0.1) is 6.92 Å². The van der Waals surface area contributed by atoms with Gasteiger partial charge in [-0.3, -0.25) is 0 Å². The van der Waals surface area contributed by atoms with Crippen LogP contribution in [0.15, 0.2) is 12.1 Å². The van der Waals surface area contributed by atoms with Crippen LogP contribution < -0.4 is 0 Å². The quantitative estimate of drug-likeness (QED) is 0.732. The van der Waals surface area contributed by atoms with Crippen LogP contribution in [0.25, 0.3) is 0 Å². The van der Waals surface area contributed by atoms with Crippen LogP contribution in [0.5, 0.6) is 5.75 Å². The average Bonchev–Trinajstić information content (AvgIpc) is 2.00. The number of aromatic hydroxyl groups is 1. The van der Waals surface area contributed by atoms with Crippen LogP contribution >= 0.6 is 0 Å². The van der Waals surface area contributed by atoms with Crippen LogP contribution in [-0.4, -0.2) is 5.11 Å². The van der Waals surface area contributed by atoms with E-state index in [-0.39, 0.29) is 5.41 Å². The molecule has 0 amide bonds. The van der Waals surface area contributed by atoms with Gasteiger partial charge in [-0.1, -0.05) is 46.8 Å². The van der Waals surface area contributed by atoms with Crippen molar-refractivity contribution in [3.05, 3.63) is 28.8 Å². The number of phenolic OH excluding ortho intramolecular Hbond substituents is 1. The van der Waals surface area contributed by atoms with Crippen LogP contribution in [0.3, 0.4) is 0 Å². The third kappa shape index (κ3) is 2.34. The number of benzene rings is 1. The Kier molecular flexibility index (Phi) is 3.13. The molecule has 0 atom stereocenters. The molecule has 0 unspecified atom stereocenters. The number of hydrogen-bond donors (Lipinski definition) is 1. The first-order chi connectivity index (χ1) is 6.75. The van der Waals surface area contributed by atoms with Crippen molar-refractivity contribution in [3.63, 3.8) is 0 Å². The van der Waals surface area contributed by atoms with Crippen molar-refractivity contribution in [1.29, 1.82) is 0 Å². The van der Waals surface area contributed by atoms with Crippen molar-refractivity contribution in [1.82, 2.24) is 0 Å². The molecule has 1 N–H and O–H groups in total. The van der Waals surface area contributed by atoms with E-state index in [9.17, 15) is 5.11 Å². The molecule has 0 spiro atoms. The van der Waals surface area contributed by atoms with Gasteiger partial charge in [-0.2, -0.15) is 0 Å². The molecule has 0 heterocycles. The normalized spacial score (nSPS) is 12.2. The number of phenols is 1. The summed E-state index contributed by atoms with van der Waals surface area (Å²) in [4.78, 5) is 0. The van der Waals surface area contributed by atoms with Crippen LogP contribution in [0.4, 0.5) is 0 Å². The highest BCUT2D eigenvalue weighted by molar-refractivity contribution is 5.49. The minimum absolute atomic E-state index is 0.000926. The van der Waals surface area contributed by atoms with Crippen molar-refractivity contribution in [2.24, 2.45) is 0 Å². The first-order valence-corrected chi connectivity index (χ1v) is 5.58. The number of aryl methyl sites for hydroxylation is 1. The molecule has 0 saturated carbocycles. The summed E-state index contributed by atoms with van der Waals surface area (Å²) < 4.78 is 0.